The van der Waals surface area contributed by atoms with Crippen LogP contribution in [0.15, 0.2) is 18.2 Å². The van der Waals surface area contributed by atoms with E-state index < -0.39 is 5.54 Å². The highest BCUT2D eigenvalue weighted by Crippen LogP contribution is 2.39. The number of amides is 2. The second-order valence-corrected chi connectivity index (χ2v) is 6.68. The summed E-state index contributed by atoms with van der Waals surface area (Å²) in [5.74, 6) is 0.409. The molecular weight excluding hydrogens is 264 g/mol. The number of benzene rings is 1. The first-order valence-electron chi connectivity index (χ1n) is 7.81. The van der Waals surface area contributed by atoms with Crippen molar-refractivity contribution < 1.29 is 9.90 Å². The van der Waals surface area contributed by atoms with Gasteiger partial charge in [0.15, 0.2) is 0 Å². The zero-order valence-corrected chi connectivity index (χ0v) is 12.8. The van der Waals surface area contributed by atoms with Gasteiger partial charge in [-0.25, -0.2) is 4.79 Å². The molecule has 1 saturated carbocycles. The molecule has 0 bridgehead atoms. The predicted octanol–water partition coefficient (Wildman–Crippen LogP) is 2.44. The lowest BCUT2D eigenvalue weighted by atomic mass is 9.97. The Morgan fingerprint density at radius 3 is 2.81 bits per heavy atom. The Morgan fingerprint density at radius 2 is 2.14 bits per heavy atom. The van der Waals surface area contributed by atoms with Gasteiger partial charge in [-0.15, -0.1) is 0 Å². The summed E-state index contributed by atoms with van der Waals surface area (Å²) in [7, 11) is 0. The largest absolute Gasteiger partial charge is 0.394 e. The van der Waals surface area contributed by atoms with Crippen LogP contribution < -0.4 is 10.6 Å². The molecule has 2 amide bonds. The van der Waals surface area contributed by atoms with Gasteiger partial charge in [0.05, 0.1) is 18.2 Å². The maximum atomic E-state index is 12.3. The fourth-order valence-corrected chi connectivity index (χ4v) is 3.43. The molecule has 0 saturated heterocycles. The molecule has 0 unspecified atom stereocenters. The van der Waals surface area contributed by atoms with Crippen molar-refractivity contribution in [2.24, 2.45) is 5.92 Å². The molecule has 0 spiro atoms. The van der Waals surface area contributed by atoms with E-state index in [2.05, 4.69) is 29.7 Å². The van der Waals surface area contributed by atoms with Crippen LogP contribution >= 0.6 is 0 Å². The lowest BCUT2D eigenvalue weighted by Gasteiger charge is -2.29. The van der Waals surface area contributed by atoms with Gasteiger partial charge in [0, 0.05) is 0 Å². The van der Waals surface area contributed by atoms with Gasteiger partial charge in [-0.2, -0.15) is 0 Å². The molecule has 4 nitrogen and oxygen atoms in total. The fourth-order valence-electron chi connectivity index (χ4n) is 3.43. The Hall–Kier alpha value is -1.55. The second-order valence-electron chi connectivity index (χ2n) is 6.68. The highest BCUT2D eigenvalue weighted by atomic mass is 16.3. The molecule has 0 aromatic heterocycles. The topological polar surface area (TPSA) is 61.4 Å². The highest BCUT2D eigenvalue weighted by Gasteiger charge is 2.42. The van der Waals surface area contributed by atoms with Gasteiger partial charge in [-0.05, 0) is 62.1 Å². The number of carbonyl (C=O) groups excluding carboxylic acids is 1. The van der Waals surface area contributed by atoms with Crippen LogP contribution in [-0.2, 0) is 6.42 Å². The Bertz CT molecular complexity index is 554. The van der Waals surface area contributed by atoms with E-state index in [9.17, 15) is 9.90 Å². The number of urea groups is 1. The molecule has 1 aromatic carbocycles. The van der Waals surface area contributed by atoms with Gasteiger partial charge < -0.3 is 15.7 Å². The summed E-state index contributed by atoms with van der Waals surface area (Å²) in [6.07, 6.45) is 4.14. The molecule has 0 radical (unpaired) electrons. The van der Waals surface area contributed by atoms with Crippen LogP contribution in [-0.4, -0.2) is 23.3 Å². The average molecular weight is 288 g/mol. The van der Waals surface area contributed by atoms with Crippen molar-refractivity contribution in [1.29, 1.82) is 0 Å². The fraction of sp³-hybridized carbons (Fsp3) is 0.588. The normalized spacial score (nSPS) is 23.3. The van der Waals surface area contributed by atoms with Crippen molar-refractivity contribution in [2.75, 3.05) is 6.61 Å². The zero-order valence-electron chi connectivity index (χ0n) is 12.8. The van der Waals surface area contributed by atoms with Crippen LogP contribution in [0.1, 0.15) is 48.9 Å². The number of hydrogen-bond acceptors (Lipinski definition) is 2. The number of aliphatic hydroxyl groups excluding tert-OH is 1. The van der Waals surface area contributed by atoms with E-state index in [1.54, 1.807) is 0 Å². The van der Waals surface area contributed by atoms with E-state index in [4.69, 9.17) is 0 Å². The quantitative estimate of drug-likeness (QED) is 0.797. The summed E-state index contributed by atoms with van der Waals surface area (Å²) in [5.41, 5.74) is 3.42. The third kappa shape index (κ3) is 2.77. The minimum atomic E-state index is -0.488. The van der Waals surface area contributed by atoms with E-state index in [0.29, 0.717) is 5.92 Å². The lowest BCUT2D eigenvalue weighted by Crippen LogP contribution is -2.54. The number of aryl methyl sites for hydroxylation is 1. The highest BCUT2D eigenvalue weighted by molar-refractivity contribution is 5.75. The Balaban J connectivity index is 1.66. The van der Waals surface area contributed by atoms with E-state index >= 15 is 0 Å². The first kappa shape index (κ1) is 14.4. The van der Waals surface area contributed by atoms with E-state index in [1.165, 1.54) is 16.7 Å². The van der Waals surface area contributed by atoms with Gasteiger partial charge in [0.2, 0.25) is 0 Å². The van der Waals surface area contributed by atoms with Gasteiger partial charge in [-0.3, -0.25) is 0 Å². The lowest BCUT2D eigenvalue weighted by molar-refractivity contribution is 0.154. The van der Waals surface area contributed by atoms with Crippen LogP contribution in [0.5, 0.6) is 0 Å². The molecule has 2 aliphatic rings. The van der Waals surface area contributed by atoms with Crippen molar-refractivity contribution in [3.8, 4) is 0 Å². The van der Waals surface area contributed by atoms with Crippen molar-refractivity contribution in [3.05, 3.63) is 34.9 Å². The van der Waals surface area contributed by atoms with Gasteiger partial charge >= 0.3 is 6.03 Å². The predicted molar refractivity (Wildman–Crippen MR) is 82.1 cm³/mol. The number of nitrogens with one attached hydrogen (secondary N) is 2. The summed E-state index contributed by atoms with van der Waals surface area (Å²) in [5, 5.41) is 15.6. The molecule has 3 rings (SSSR count). The molecule has 1 aromatic rings. The third-order valence-corrected chi connectivity index (χ3v) is 5.02. The van der Waals surface area contributed by atoms with Crippen molar-refractivity contribution in [3.63, 3.8) is 0 Å². The van der Waals surface area contributed by atoms with Crippen molar-refractivity contribution in [1.82, 2.24) is 10.6 Å². The summed E-state index contributed by atoms with van der Waals surface area (Å²) in [6.45, 7) is 4.04. The first-order chi connectivity index (χ1) is 10.0. The summed E-state index contributed by atoms with van der Waals surface area (Å²) >= 11 is 0. The van der Waals surface area contributed by atoms with Crippen molar-refractivity contribution >= 4 is 6.03 Å². The second kappa shape index (κ2) is 5.34. The van der Waals surface area contributed by atoms with E-state index in [1.807, 2.05) is 13.0 Å². The summed E-state index contributed by atoms with van der Waals surface area (Å²) in [4.78, 5) is 12.3. The van der Waals surface area contributed by atoms with Crippen LogP contribution in [0, 0.1) is 12.8 Å². The van der Waals surface area contributed by atoms with Gasteiger partial charge in [0.1, 0.15) is 0 Å². The van der Waals surface area contributed by atoms with Crippen molar-refractivity contribution in [2.45, 2.75) is 51.1 Å². The number of carbonyl (C=O) groups is 1. The van der Waals surface area contributed by atoms with Crippen LogP contribution in [0.2, 0.25) is 0 Å². The molecule has 114 valence electrons. The number of aliphatic hydroxyl groups is 1. The monoisotopic (exact) mass is 288 g/mol. The summed E-state index contributed by atoms with van der Waals surface area (Å²) < 4.78 is 0. The average Bonchev–Trinajstić information content (AvgIpc) is 3.23. The maximum Gasteiger partial charge on any atom is 0.315 e. The minimum Gasteiger partial charge on any atom is -0.394 e. The SMILES string of the molecule is Cc1cccc2c1CC[C@@H]2NC(=O)N[C@@](C)(CO)C1CC1. The molecule has 1 fully saturated rings. The molecule has 0 aliphatic heterocycles. The van der Waals surface area contributed by atoms with Crippen LogP contribution in [0.3, 0.4) is 0 Å². The van der Waals surface area contributed by atoms with Gasteiger partial charge in [-0.1, -0.05) is 18.2 Å². The molecule has 21 heavy (non-hydrogen) atoms. The molecule has 4 heteroatoms. The van der Waals surface area contributed by atoms with Crippen LogP contribution in [0.4, 0.5) is 4.79 Å². The number of rotatable bonds is 4. The Labute approximate surface area is 125 Å². The maximum absolute atomic E-state index is 12.3. The smallest absolute Gasteiger partial charge is 0.315 e. The molecule has 2 atom stereocenters. The molecule has 0 heterocycles. The molecular formula is C17H24N2O2. The number of hydrogen-bond donors (Lipinski definition) is 3. The Morgan fingerprint density at radius 1 is 1.38 bits per heavy atom. The van der Waals surface area contributed by atoms with Gasteiger partial charge in [0.25, 0.3) is 0 Å². The van der Waals surface area contributed by atoms with Crippen LogP contribution in [0.25, 0.3) is 0 Å². The minimum absolute atomic E-state index is 0.00848. The summed E-state index contributed by atoms with van der Waals surface area (Å²) in [6, 6.07) is 6.19. The molecule has 3 N–H and O–H groups in total. The third-order valence-electron chi connectivity index (χ3n) is 5.02. The van der Waals surface area contributed by atoms with E-state index in [0.717, 1.165) is 25.7 Å². The zero-order chi connectivity index (χ0) is 15.0. The standard InChI is InChI=1S/C17H24N2O2/c1-11-4-3-5-14-13(11)8-9-15(14)18-16(21)19-17(2,10-20)12-6-7-12/h3-5,12,15,20H,6-10H2,1-2H3,(H2,18,19,21)/t15-,17-/m0/s1. The Kier molecular flexibility index (Phi) is 3.66. The first-order valence-corrected chi connectivity index (χ1v) is 7.81. The molecule has 2 aliphatic carbocycles. The number of fused-ring (bicyclic) bond motifs is 1. The van der Waals surface area contributed by atoms with E-state index in [-0.39, 0.29) is 18.7 Å².